The van der Waals surface area contributed by atoms with Crippen molar-refractivity contribution in [2.45, 2.75) is 18.3 Å². The van der Waals surface area contributed by atoms with E-state index in [4.69, 9.17) is 4.52 Å². The van der Waals surface area contributed by atoms with Gasteiger partial charge >= 0.3 is 0 Å². The molecule has 1 fully saturated rings. The minimum atomic E-state index is 0.326. The summed E-state index contributed by atoms with van der Waals surface area (Å²) in [6.07, 6.45) is 2.48. The predicted molar refractivity (Wildman–Crippen MR) is 66.2 cm³/mol. The molecule has 1 aromatic carbocycles. The molecule has 0 aliphatic heterocycles. The lowest BCUT2D eigenvalue weighted by molar-refractivity contribution is 0.378. The number of benzene rings is 1. The summed E-state index contributed by atoms with van der Waals surface area (Å²) in [5.74, 6) is 2.49. The molecule has 6 heteroatoms. The Balaban J connectivity index is 1.56. The lowest BCUT2D eigenvalue weighted by Gasteiger charge is -1.96. The molecule has 1 aliphatic rings. The van der Waals surface area contributed by atoms with E-state index < -0.39 is 0 Å². The van der Waals surface area contributed by atoms with Crippen LogP contribution in [0.1, 0.15) is 29.7 Å². The fourth-order valence-electron chi connectivity index (χ4n) is 2.33. The van der Waals surface area contributed by atoms with Gasteiger partial charge in [0.1, 0.15) is 6.33 Å². The summed E-state index contributed by atoms with van der Waals surface area (Å²) in [6, 6.07) is 10.4. The number of aromatic nitrogens is 5. The number of nitrogens with one attached hydrogen (secondary N) is 1. The highest BCUT2D eigenvalue weighted by atomic mass is 16.5. The highest BCUT2D eigenvalue weighted by molar-refractivity contribution is 5.41. The lowest BCUT2D eigenvalue weighted by atomic mass is 10.1. The Hall–Kier alpha value is -2.50. The van der Waals surface area contributed by atoms with Crippen LogP contribution < -0.4 is 0 Å². The first-order chi connectivity index (χ1) is 9.42. The quantitative estimate of drug-likeness (QED) is 0.773. The Morgan fingerprint density at radius 3 is 2.84 bits per heavy atom. The van der Waals surface area contributed by atoms with Crippen LogP contribution in [0.2, 0.25) is 0 Å². The highest BCUT2D eigenvalue weighted by Crippen LogP contribution is 2.54. The van der Waals surface area contributed by atoms with Crippen molar-refractivity contribution in [2.75, 3.05) is 0 Å². The van der Waals surface area contributed by atoms with Crippen molar-refractivity contribution in [1.29, 1.82) is 0 Å². The van der Waals surface area contributed by atoms with Crippen LogP contribution in [0.15, 0.2) is 41.2 Å². The van der Waals surface area contributed by atoms with Crippen LogP contribution in [-0.2, 0) is 0 Å². The summed E-state index contributed by atoms with van der Waals surface area (Å²) in [5, 5.41) is 10.4. The molecule has 2 atom stereocenters. The lowest BCUT2D eigenvalue weighted by Crippen LogP contribution is -1.86. The molecule has 0 saturated heterocycles. The molecule has 94 valence electrons. The van der Waals surface area contributed by atoms with E-state index in [1.165, 1.54) is 11.9 Å². The third-order valence-electron chi connectivity index (χ3n) is 3.40. The van der Waals surface area contributed by atoms with Gasteiger partial charge in [0, 0.05) is 5.92 Å². The van der Waals surface area contributed by atoms with Crippen molar-refractivity contribution < 1.29 is 4.52 Å². The van der Waals surface area contributed by atoms with Crippen LogP contribution in [0, 0.1) is 0 Å². The molecule has 0 bridgehead atoms. The van der Waals surface area contributed by atoms with E-state index >= 15 is 0 Å². The standard InChI is InChI=1S/C13H11N5O/c1-2-4-8(5-3-1)9-6-10(9)13-16-12(18-19-13)11-14-7-15-17-11/h1-5,7,9-10H,6H2,(H,14,15,17). The first kappa shape index (κ1) is 10.4. The average Bonchev–Trinajstić information content (AvgIpc) is 2.90. The van der Waals surface area contributed by atoms with Crippen molar-refractivity contribution in [2.24, 2.45) is 0 Å². The van der Waals surface area contributed by atoms with E-state index in [2.05, 4.69) is 49.6 Å². The molecule has 4 rings (SSSR count). The predicted octanol–water partition coefficient (Wildman–Crippen LogP) is 2.13. The SMILES string of the molecule is c1ccc(C2CC2c2nc(-c3ncn[nH]3)no2)cc1. The number of rotatable bonds is 3. The summed E-state index contributed by atoms with van der Waals surface area (Å²) in [5.41, 5.74) is 1.33. The molecular formula is C13H11N5O. The number of hydrogen-bond donors (Lipinski definition) is 1. The second-order valence-corrected chi connectivity index (χ2v) is 4.65. The van der Waals surface area contributed by atoms with Crippen LogP contribution in [0.4, 0.5) is 0 Å². The largest absolute Gasteiger partial charge is 0.339 e. The third kappa shape index (κ3) is 1.81. The molecule has 6 nitrogen and oxygen atoms in total. The zero-order chi connectivity index (χ0) is 12.7. The minimum absolute atomic E-state index is 0.326. The molecule has 0 spiro atoms. The normalized spacial score (nSPS) is 21.5. The van der Waals surface area contributed by atoms with Crippen molar-refractivity contribution in [1.82, 2.24) is 25.3 Å². The molecule has 1 N–H and O–H groups in total. The Bertz CT molecular complexity index is 676. The van der Waals surface area contributed by atoms with E-state index in [1.807, 2.05) is 6.07 Å². The van der Waals surface area contributed by atoms with Gasteiger partial charge in [-0.1, -0.05) is 35.5 Å². The van der Waals surface area contributed by atoms with Crippen LogP contribution >= 0.6 is 0 Å². The Morgan fingerprint density at radius 2 is 2.05 bits per heavy atom. The average molecular weight is 253 g/mol. The molecule has 1 aliphatic carbocycles. The second kappa shape index (κ2) is 4.01. The summed E-state index contributed by atoms with van der Waals surface area (Å²) in [4.78, 5) is 8.38. The van der Waals surface area contributed by atoms with Crippen LogP contribution in [-0.4, -0.2) is 25.3 Å². The molecule has 2 heterocycles. The highest BCUT2D eigenvalue weighted by Gasteiger charge is 2.43. The molecular weight excluding hydrogens is 242 g/mol. The fourth-order valence-corrected chi connectivity index (χ4v) is 2.33. The molecule has 0 radical (unpaired) electrons. The zero-order valence-corrected chi connectivity index (χ0v) is 10.0. The van der Waals surface area contributed by atoms with Gasteiger partial charge in [-0.25, -0.2) is 4.98 Å². The van der Waals surface area contributed by atoms with Crippen molar-refractivity contribution in [3.8, 4) is 11.6 Å². The van der Waals surface area contributed by atoms with Gasteiger partial charge in [-0.05, 0) is 17.9 Å². The fraction of sp³-hybridized carbons (Fsp3) is 0.231. The van der Waals surface area contributed by atoms with Crippen molar-refractivity contribution in [3.05, 3.63) is 48.1 Å². The summed E-state index contributed by atoms with van der Waals surface area (Å²) < 4.78 is 5.32. The van der Waals surface area contributed by atoms with E-state index in [1.54, 1.807) is 0 Å². The third-order valence-corrected chi connectivity index (χ3v) is 3.40. The number of nitrogens with zero attached hydrogens (tertiary/aromatic N) is 4. The molecule has 1 saturated carbocycles. The van der Waals surface area contributed by atoms with Crippen LogP contribution in [0.25, 0.3) is 11.6 Å². The van der Waals surface area contributed by atoms with Gasteiger partial charge in [-0.3, -0.25) is 5.10 Å². The topological polar surface area (TPSA) is 80.5 Å². The Labute approximate surface area is 108 Å². The van der Waals surface area contributed by atoms with E-state index in [-0.39, 0.29) is 0 Å². The maximum absolute atomic E-state index is 5.32. The smallest absolute Gasteiger partial charge is 0.239 e. The van der Waals surface area contributed by atoms with Gasteiger partial charge in [0.05, 0.1) is 0 Å². The first-order valence-corrected chi connectivity index (χ1v) is 6.16. The number of hydrogen-bond acceptors (Lipinski definition) is 5. The number of aromatic amines is 1. The van der Waals surface area contributed by atoms with E-state index in [9.17, 15) is 0 Å². The van der Waals surface area contributed by atoms with E-state index in [0.717, 1.165) is 6.42 Å². The van der Waals surface area contributed by atoms with Gasteiger partial charge in [-0.2, -0.15) is 10.1 Å². The molecule has 2 unspecified atom stereocenters. The van der Waals surface area contributed by atoms with Crippen molar-refractivity contribution in [3.63, 3.8) is 0 Å². The van der Waals surface area contributed by atoms with E-state index in [0.29, 0.717) is 29.4 Å². The van der Waals surface area contributed by atoms with Crippen LogP contribution in [0.5, 0.6) is 0 Å². The maximum atomic E-state index is 5.32. The number of H-pyrrole nitrogens is 1. The van der Waals surface area contributed by atoms with Gasteiger partial charge in [0.15, 0.2) is 5.82 Å². The summed E-state index contributed by atoms with van der Waals surface area (Å²) >= 11 is 0. The molecule has 3 aromatic rings. The van der Waals surface area contributed by atoms with Gasteiger partial charge in [-0.15, -0.1) is 0 Å². The minimum Gasteiger partial charge on any atom is -0.339 e. The molecule has 2 aromatic heterocycles. The first-order valence-electron chi connectivity index (χ1n) is 6.16. The monoisotopic (exact) mass is 253 g/mol. The zero-order valence-electron chi connectivity index (χ0n) is 10.0. The summed E-state index contributed by atoms with van der Waals surface area (Å²) in [7, 11) is 0. The van der Waals surface area contributed by atoms with Gasteiger partial charge in [0.25, 0.3) is 0 Å². The second-order valence-electron chi connectivity index (χ2n) is 4.65. The Kier molecular flexibility index (Phi) is 2.20. The van der Waals surface area contributed by atoms with Gasteiger partial charge in [0.2, 0.25) is 11.7 Å². The summed E-state index contributed by atoms with van der Waals surface area (Å²) in [6.45, 7) is 0. The molecule has 19 heavy (non-hydrogen) atoms. The molecule has 0 amide bonds. The van der Waals surface area contributed by atoms with Crippen molar-refractivity contribution >= 4 is 0 Å². The Morgan fingerprint density at radius 1 is 1.16 bits per heavy atom. The van der Waals surface area contributed by atoms with Gasteiger partial charge < -0.3 is 4.52 Å². The van der Waals surface area contributed by atoms with Crippen LogP contribution in [0.3, 0.4) is 0 Å². The maximum Gasteiger partial charge on any atom is 0.239 e.